The van der Waals surface area contributed by atoms with E-state index >= 15 is 0 Å². The Hall–Kier alpha value is -3.73. The number of fused-ring (bicyclic) bond motifs is 1. The SMILES string of the molecule is Cc1nc(NC2CC2)c2cc(-c3cccc(CN(C(=O)Cc4ccccc4)C4CC4)c3)ccc2n1. The van der Waals surface area contributed by atoms with Crippen LogP contribution < -0.4 is 5.32 Å². The lowest BCUT2D eigenvalue weighted by Gasteiger charge is -2.23. The molecule has 0 bridgehead atoms. The van der Waals surface area contributed by atoms with Crippen LogP contribution >= 0.6 is 0 Å². The number of nitrogens with one attached hydrogen (secondary N) is 1. The van der Waals surface area contributed by atoms with E-state index in [-0.39, 0.29) is 5.91 Å². The summed E-state index contributed by atoms with van der Waals surface area (Å²) in [5, 5.41) is 4.63. The highest BCUT2D eigenvalue weighted by Gasteiger charge is 2.32. The minimum absolute atomic E-state index is 0.207. The molecule has 0 saturated heterocycles. The van der Waals surface area contributed by atoms with Gasteiger partial charge in [-0.15, -0.1) is 0 Å². The lowest BCUT2D eigenvalue weighted by atomic mass is 10.0. The molecule has 2 fully saturated rings. The maximum atomic E-state index is 13.2. The van der Waals surface area contributed by atoms with E-state index in [1.165, 1.54) is 12.8 Å². The van der Waals surface area contributed by atoms with Gasteiger partial charge in [0, 0.05) is 24.0 Å². The molecule has 2 aliphatic rings. The zero-order chi connectivity index (χ0) is 23.8. The van der Waals surface area contributed by atoms with Crippen molar-refractivity contribution in [1.29, 1.82) is 0 Å². The molecule has 1 amide bonds. The summed E-state index contributed by atoms with van der Waals surface area (Å²) in [7, 11) is 0. The topological polar surface area (TPSA) is 58.1 Å². The molecule has 2 saturated carbocycles. The van der Waals surface area contributed by atoms with E-state index in [9.17, 15) is 4.79 Å². The molecular formula is C30H30N4O. The lowest BCUT2D eigenvalue weighted by Crippen LogP contribution is -2.33. The maximum Gasteiger partial charge on any atom is 0.227 e. The van der Waals surface area contributed by atoms with Crippen LogP contribution in [0.15, 0.2) is 72.8 Å². The van der Waals surface area contributed by atoms with Crippen LogP contribution in [0.1, 0.15) is 42.6 Å². The number of hydrogen-bond donors (Lipinski definition) is 1. The van der Waals surface area contributed by atoms with Crippen LogP contribution in [-0.4, -0.2) is 32.9 Å². The Labute approximate surface area is 206 Å². The number of nitrogens with zero attached hydrogens (tertiary/aromatic N) is 3. The van der Waals surface area contributed by atoms with Gasteiger partial charge in [0.15, 0.2) is 0 Å². The summed E-state index contributed by atoms with van der Waals surface area (Å²) in [6.45, 7) is 2.59. The maximum absolute atomic E-state index is 13.2. The Morgan fingerprint density at radius 3 is 2.43 bits per heavy atom. The number of aromatic nitrogens is 2. The van der Waals surface area contributed by atoms with Crippen LogP contribution in [-0.2, 0) is 17.8 Å². The Morgan fingerprint density at radius 1 is 0.886 bits per heavy atom. The summed E-state index contributed by atoms with van der Waals surface area (Å²) in [6.07, 6.45) is 5.06. The molecule has 0 unspecified atom stereocenters. The van der Waals surface area contributed by atoms with E-state index in [0.29, 0.717) is 25.0 Å². The number of aryl methyl sites for hydroxylation is 1. The van der Waals surface area contributed by atoms with Gasteiger partial charge >= 0.3 is 0 Å². The Morgan fingerprint density at radius 2 is 1.66 bits per heavy atom. The van der Waals surface area contributed by atoms with Crippen molar-refractivity contribution < 1.29 is 4.79 Å². The van der Waals surface area contributed by atoms with Gasteiger partial charge < -0.3 is 10.2 Å². The van der Waals surface area contributed by atoms with Gasteiger partial charge in [-0.05, 0) is 73.1 Å². The van der Waals surface area contributed by atoms with Crippen LogP contribution in [0.2, 0.25) is 0 Å². The molecule has 35 heavy (non-hydrogen) atoms. The molecular weight excluding hydrogens is 432 g/mol. The molecule has 0 radical (unpaired) electrons. The third-order valence-corrected chi connectivity index (χ3v) is 6.85. The predicted molar refractivity (Wildman–Crippen MR) is 140 cm³/mol. The molecule has 6 rings (SSSR count). The van der Waals surface area contributed by atoms with Crippen LogP contribution in [0, 0.1) is 6.92 Å². The normalized spacial score (nSPS) is 15.2. The number of anilines is 1. The summed E-state index contributed by atoms with van der Waals surface area (Å²) >= 11 is 0. The van der Waals surface area contributed by atoms with E-state index in [1.54, 1.807) is 0 Å². The first-order chi connectivity index (χ1) is 17.1. The fraction of sp³-hybridized carbons (Fsp3) is 0.300. The third-order valence-electron chi connectivity index (χ3n) is 6.85. The second-order valence-corrected chi connectivity index (χ2v) is 9.89. The summed E-state index contributed by atoms with van der Waals surface area (Å²) in [5.41, 5.74) is 5.48. The molecule has 2 aliphatic carbocycles. The van der Waals surface area contributed by atoms with E-state index in [4.69, 9.17) is 0 Å². The predicted octanol–water partition coefficient (Wildman–Crippen LogP) is 5.91. The molecule has 176 valence electrons. The Balaban J connectivity index is 1.26. The fourth-order valence-electron chi connectivity index (χ4n) is 4.68. The summed E-state index contributed by atoms with van der Waals surface area (Å²) in [4.78, 5) is 24.6. The standard InChI is InChI=1S/C30H30N4O/c1-20-31-28-15-10-24(18-27(28)30(32-20)33-25-11-12-25)23-9-5-8-22(16-23)19-34(26-13-14-26)29(35)17-21-6-3-2-4-7-21/h2-10,15-16,18,25-26H,11-14,17,19H2,1H3,(H,31,32,33). The van der Waals surface area contributed by atoms with Crippen molar-refractivity contribution in [3.05, 3.63) is 89.7 Å². The molecule has 0 atom stereocenters. The van der Waals surface area contributed by atoms with Crippen molar-refractivity contribution in [1.82, 2.24) is 14.9 Å². The average Bonchev–Trinajstić information content (AvgIpc) is 3.79. The number of amides is 1. The summed E-state index contributed by atoms with van der Waals surface area (Å²) < 4.78 is 0. The first kappa shape index (κ1) is 21.8. The van der Waals surface area contributed by atoms with Gasteiger partial charge in [-0.2, -0.15) is 0 Å². The minimum Gasteiger partial charge on any atom is -0.367 e. The molecule has 4 aromatic rings. The Kier molecular flexibility index (Phi) is 5.69. The molecule has 0 aliphatic heterocycles. The zero-order valence-electron chi connectivity index (χ0n) is 20.1. The second kappa shape index (κ2) is 9.14. The van der Waals surface area contributed by atoms with Crippen molar-refractivity contribution in [2.75, 3.05) is 5.32 Å². The van der Waals surface area contributed by atoms with Gasteiger partial charge in [0.25, 0.3) is 0 Å². The molecule has 5 heteroatoms. The van der Waals surface area contributed by atoms with E-state index in [0.717, 1.165) is 57.6 Å². The van der Waals surface area contributed by atoms with E-state index < -0.39 is 0 Å². The minimum atomic E-state index is 0.207. The van der Waals surface area contributed by atoms with Crippen LogP contribution in [0.3, 0.4) is 0 Å². The number of hydrogen-bond acceptors (Lipinski definition) is 4. The fourth-order valence-corrected chi connectivity index (χ4v) is 4.68. The van der Waals surface area contributed by atoms with Crippen molar-refractivity contribution in [3.8, 4) is 11.1 Å². The smallest absolute Gasteiger partial charge is 0.227 e. The first-order valence-electron chi connectivity index (χ1n) is 12.6. The van der Waals surface area contributed by atoms with Crippen molar-refractivity contribution >= 4 is 22.6 Å². The van der Waals surface area contributed by atoms with Gasteiger partial charge in [-0.1, -0.05) is 54.6 Å². The number of rotatable bonds is 8. The second-order valence-electron chi connectivity index (χ2n) is 9.89. The van der Waals surface area contributed by atoms with Gasteiger partial charge in [-0.25, -0.2) is 9.97 Å². The largest absolute Gasteiger partial charge is 0.367 e. The number of benzene rings is 3. The molecule has 1 heterocycles. The van der Waals surface area contributed by atoms with E-state index in [1.807, 2.05) is 37.3 Å². The average molecular weight is 463 g/mol. The van der Waals surface area contributed by atoms with Gasteiger partial charge in [-0.3, -0.25) is 4.79 Å². The number of carbonyl (C=O) groups excluding carboxylic acids is 1. The monoisotopic (exact) mass is 462 g/mol. The highest BCUT2D eigenvalue weighted by atomic mass is 16.2. The van der Waals surface area contributed by atoms with Crippen molar-refractivity contribution in [3.63, 3.8) is 0 Å². The summed E-state index contributed by atoms with van der Waals surface area (Å²) in [6, 6.07) is 25.9. The van der Waals surface area contributed by atoms with Crippen molar-refractivity contribution in [2.24, 2.45) is 0 Å². The lowest BCUT2D eigenvalue weighted by molar-refractivity contribution is -0.131. The van der Waals surface area contributed by atoms with Crippen LogP contribution in [0.25, 0.3) is 22.0 Å². The molecule has 1 N–H and O–H groups in total. The number of carbonyl (C=O) groups is 1. The molecule has 0 spiro atoms. The van der Waals surface area contributed by atoms with Gasteiger partial charge in [0.1, 0.15) is 11.6 Å². The summed E-state index contributed by atoms with van der Waals surface area (Å²) in [5.74, 6) is 1.92. The van der Waals surface area contributed by atoms with Gasteiger partial charge in [0.05, 0.1) is 11.9 Å². The van der Waals surface area contributed by atoms with Crippen LogP contribution in [0.5, 0.6) is 0 Å². The molecule has 1 aromatic heterocycles. The van der Waals surface area contributed by atoms with E-state index in [2.05, 4.69) is 62.6 Å². The zero-order valence-corrected chi connectivity index (χ0v) is 20.1. The molecule has 3 aromatic carbocycles. The highest BCUT2D eigenvalue weighted by Crippen LogP contribution is 2.33. The highest BCUT2D eigenvalue weighted by molar-refractivity contribution is 5.93. The Bertz CT molecular complexity index is 1380. The van der Waals surface area contributed by atoms with Gasteiger partial charge in [0.2, 0.25) is 5.91 Å². The quantitative estimate of drug-likeness (QED) is 0.353. The third kappa shape index (κ3) is 5.04. The first-order valence-corrected chi connectivity index (χ1v) is 12.6. The van der Waals surface area contributed by atoms with Crippen molar-refractivity contribution in [2.45, 2.75) is 57.7 Å². The molecule has 5 nitrogen and oxygen atoms in total. The van der Waals surface area contributed by atoms with Crippen LogP contribution in [0.4, 0.5) is 5.82 Å².